The smallest absolute Gasteiger partial charge is 0.244 e. The fraction of sp³-hybridized carbons (Fsp3) is 0.353. The number of carbonyl (C=O) groups is 1. The second kappa shape index (κ2) is 7.57. The van der Waals surface area contributed by atoms with Gasteiger partial charge in [0, 0.05) is 15.9 Å². The van der Waals surface area contributed by atoms with Gasteiger partial charge in [0.15, 0.2) is 0 Å². The number of carbonyl (C=O) groups excluding carboxylic acids is 1. The van der Waals surface area contributed by atoms with Crippen LogP contribution in [0.4, 0.5) is 0 Å². The molecule has 0 spiro atoms. The van der Waals surface area contributed by atoms with E-state index in [1.807, 2.05) is 49.8 Å². The van der Waals surface area contributed by atoms with Gasteiger partial charge in [0.05, 0.1) is 6.04 Å². The molecule has 2 aromatic rings. The van der Waals surface area contributed by atoms with Gasteiger partial charge in [-0.2, -0.15) is 0 Å². The summed E-state index contributed by atoms with van der Waals surface area (Å²) in [6.07, 6.45) is 0. The Hall–Kier alpha value is -1.21. The van der Waals surface area contributed by atoms with E-state index < -0.39 is 5.54 Å². The topological polar surface area (TPSA) is 58.4 Å². The number of hydrogen-bond acceptors (Lipinski definition) is 4. The third-order valence-electron chi connectivity index (χ3n) is 3.87. The predicted molar refractivity (Wildman–Crippen MR) is 99.4 cm³/mol. The van der Waals surface area contributed by atoms with Gasteiger partial charge in [-0.3, -0.25) is 4.79 Å². The van der Waals surface area contributed by atoms with Crippen LogP contribution in [-0.4, -0.2) is 31.4 Å². The molecule has 3 N–H and O–H groups in total. The Bertz CT molecular complexity index is 638. The molecule has 1 heterocycles. The number of nitrogens with one attached hydrogen (secondary N) is 1. The highest BCUT2D eigenvalue weighted by Gasteiger charge is 2.31. The molecule has 1 amide bonds. The van der Waals surface area contributed by atoms with Crippen LogP contribution in [0.25, 0.3) is 0 Å². The van der Waals surface area contributed by atoms with Gasteiger partial charge in [-0.1, -0.05) is 34.1 Å². The number of thiophene rings is 1. The maximum absolute atomic E-state index is 12.6. The molecule has 0 fully saturated rings. The van der Waals surface area contributed by atoms with Gasteiger partial charge in [0.25, 0.3) is 0 Å². The molecule has 2 atom stereocenters. The van der Waals surface area contributed by atoms with Crippen molar-refractivity contribution < 1.29 is 4.79 Å². The Balaban J connectivity index is 2.06. The molecule has 0 bridgehead atoms. The molecule has 0 saturated heterocycles. The molecule has 0 aliphatic heterocycles. The second-order valence-electron chi connectivity index (χ2n) is 5.91. The summed E-state index contributed by atoms with van der Waals surface area (Å²) in [5.41, 5.74) is 6.00. The maximum atomic E-state index is 12.6. The van der Waals surface area contributed by atoms with E-state index in [4.69, 9.17) is 5.73 Å². The Labute approximate surface area is 149 Å². The summed E-state index contributed by atoms with van der Waals surface area (Å²) in [7, 11) is 4.01. The van der Waals surface area contributed by atoms with E-state index in [-0.39, 0.29) is 11.9 Å². The number of rotatable bonds is 6. The van der Waals surface area contributed by atoms with E-state index in [1.165, 1.54) is 4.88 Å². The van der Waals surface area contributed by atoms with Crippen LogP contribution in [0.2, 0.25) is 0 Å². The molecule has 0 aliphatic rings. The number of likely N-dealkylation sites (N-methyl/N-ethyl adjacent to an activating group) is 1. The first-order valence-corrected chi connectivity index (χ1v) is 9.02. The number of nitrogens with two attached hydrogens (primary N) is 1. The number of amides is 1. The normalized spacial score (nSPS) is 15.2. The van der Waals surface area contributed by atoms with Crippen molar-refractivity contribution in [1.29, 1.82) is 0 Å². The van der Waals surface area contributed by atoms with E-state index in [9.17, 15) is 4.79 Å². The van der Waals surface area contributed by atoms with Crippen molar-refractivity contribution >= 4 is 33.2 Å². The molecule has 6 heteroatoms. The van der Waals surface area contributed by atoms with E-state index in [0.29, 0.717) is 6.54 Å². The largest absolute Gasteiger partial charge is 0.352 e. The molecule has 2 rings (SSSR count). The first-order chi connectivity index (χ1) is 10.8. The lowest BCUT2D eigenvalue weighted by molar-refractivity contribution is -0.126. The third-order valence-corrected chi connectivity index (χ3v) is 5.37. The van der Waals surface area contributed by atoms with Crippen LogP contribution >= 0.6 is 27.3 Å². The Morgan fingerprint density at radius 1 is 1.35 bits per heavy atom. The molecular formula is C17H22BrN3OS. The van der Waals surface area contributed by atoms with Crippen molar-refractivity contribution in [3.05, 3.63) is 56.7 Å². The molecule has 4 nitrogen and oxygen atoms in total. The average molecular weight is 396 g/mol. The first-order valence-electron chi connectivity index (χ1n) is 7.35. The van der Waals surface area contributed by atoms with Gasteiger partial charge in [0.2, 0.25) is 5.91 Å². The van der Waals surface area contributed by atoms with Crippen LogP contribution in [0.3, 0.4) is 0 Å². The zero-order valence-corrected chi connectivity index (χ0v) is 15.9. The third kappa shape index (κ3) is 4.41. The maximum Gasteiger partial charge on any atom is 0.244 e. The molecule has 0 radical (unpaired) electrons. The van der Waals surface area contributed by atoms with Crippen molar-refractivity contribution in [1.82, 2.24) is 10.2 Å². The molecular weight excluding hydrogens is 374 g/mol. The number of halogens is 1. The van der Waals surface area contributed by atoms with Crippen molar-refractivity contribution in [2.75, 3.05) is 20.6 Å². The monoisotopic (exact) mass is 395 g/mol. The highest BCUT2D eigenvalue weighted by Crippen LogP contribution is 2.24. The lowest BCUT2D eigenvalue weighted by atomic mass is 9.92. The SMILES string of the molecule is CN(C)C(CNC(=O)C(C)(N)c1ccc(Br)cc1)c1cccs1. The highest BCUT2D eigenvalue weighted by atomic mass is 79.9. The summed E-state index contributed by atoms with van der Waals surface area (Å²) in [5.74, 6) is -0.178. The van der Waals surface area contributed by atoms with Crippen LogP contribution in [0.1, 0.15) is 23.4 Å². The van der Waals surface area contributed by atoms with Crippen LogP contribution in [0, 0.1) is 0 Å². The number of nitrogens with zero attached hydrogens (tertiary/aromatic N) is 1. The van der Waals surface area contributed by atoms with Crippen LogP contribution < -0.4 is 11.1 Å². The molecule has 1 aromatic heterocycles. The lowest BCUT2D eigenvalue weighted by Crippen LogP contribution is -2.50. The Kier molecular flexibility index (Phi) is 5.97. The Morgan fingerprint density at radius 2 is 2.00 bits per heavy atom. The summed E-state index contributed by atoms with van der Waals surface area (Å²) < 4.78 is 0.961. The summed E-state index contributed by atoms with van der Waals surface area (Å²) >= 11 is 5.08. The minimum Gasteiger partial charge on any atom is -0.352 e. The van der Waals surface area contributed by atoms with Gasteiger partial charge in [-0.05, 0) is 50.2 Å². The number of benzene rings is 1. The fourth-order valence-electron chi connectivity index (χ4n) is 2.32. The van der Waals surface area contributed by atoms with E-state index >= 15 is 0 Å². The average Bonchev–Trinajstić information content (AvgIpc) is 3.01. The van der Waals surface area contributed by atoms with E-state index in [2.05, 4.69) is 32.2 Å². The first kappa shape index (κ1) is 18.1. The van der Waals surface area contributed by atoms with Gasteiger partial charge in [-0.15, -0.1) is 11.3 Å². The fourth-order valence-corrected chi connectivity index (χ4v) is 3.51. The summed E-state index contributed by atoms with van der Waals surface area (Å²) in [5, 5.41) is 5.04. The van der Waals surface area contributed by atoms with Gasteiger partial charge >= 0.3 is 0 Å². The molecule has 23 heavy (non-hydrogen) atoms. The minimum absolute atomic E-state index is 0.139. The molecule has 124 valence electrons. The molecule has 0 aliphatic carbocycles. The van der Waals surface area contributed by atoms with Gasteiger partial charge in [0.1, 0.15) is 5.54 Å². The van der Waals surface area contributed by atoms with Crippen molar-refractivity contribution in [3.63, 3.8) is 0 Å². The van der Waals surface area contributed by atoms with Crippen molar-refractivity contribution in [3.8, 4) is 0 Å². The van der Waals surface area contributed by atoms with Crippen LogP contribution in [0.5, 0.6) is 0 Å². The van der Waals surface area contributed by atoms with E-state index in [0.717, 1.165) is 10.0 Å². The number of hydrogen-bond donors (Lipinski definition) is 2. The second-order valence-corrected chi connectivity index (χ2v) is 7.81. The molecule has 1 aromatic carbocycles. The molecule has 0 saturated carbocycles. The Morgan fingerprint density at radius 3 is 2.52 bits per heavy atom. The molecule has 2 unspecified atom stereocenters. The van der Waals surface area contributed by atoms with Gasteiger partial charge < -0.3 is 16.0 Å². The van der Waals surface area contributed by atoms with Crippen molar-refractivity contribution in [2.24, 2.45) is 5.73 Å². The van der Waals surface area contributed by atoms with Crippen LogP contribution in [0.15, 0.2) is 46.3 Å². The quantitative estimate of drug-likeness (QED) is 0.789. The predicted octanol–water partition coefficient (Wildman–Crippen LogP) is 3.10. The summed E-state index contributed by atoms with van der Waals surface area (Å²) in [4.78, 5) is 15.9. The summed E-state index contributed by atoms with van der Waals surface area (Å²) in [6, 6.07) is 11.8. The lowest BCUT2D eigenvalue weighted by Gasteiger charge is -2.28. The summed E-state index contributed by atoms with van der Waals surface area (Å²) in [6.45, 7) is 2.26. The van der Waals surface area contributed by atoms with E-state index in [1.54, 1.807) is 18.3 Å². The zero-order chi connectivity index (χ0) is 17.0. The van der Waals surface area contributed by atoms with Gasteiger partial charge in [-0.25, -0.2) is 0 Å². The highest BCUT2D eigenvalue weighted by molar-refractivity contribution is 9.10. The van der Waals surface area contributed by atoms with Crippen LogP contribution in [-0.2, 0) is 10.3 Å². The minimum atomic E-state index is -1.06. The zero-order valence-electron chi connectivity index (χ0n) is 13.5. The standard InChI is InChI=1S/C17H22BrN3OS/c1-17(19,12-6-8-13(18)9-7-12)16(22)20-11-14(21(2)3)15-5-4-10-23-15/h4-10,14H,11,19H2,1-3H3,(H,20,22). The van der Waals surface area contributed by atoms with Crippen molar-refractivity contribution in [2.45, 2.75) is 18.5 Å².